The highest BCUT2D eigenvalue weighted by molar-refractivity contribution is 7.98. The molecular weight excluding hydrogens is 248 g/mol. The zero-order chi connectivity index (χ0) is 13.4. The monoisotopic (exact) mass is 268 g/mol. The van der Waals surface area contributed by atoms with Crippen LogP contribution in [0.5, 0.6) is 0 Å². The molecule has 0 aliphatic rings. The van der Waals surface area contributed by atoms with Gasteiger partial charge in [-0.05, 0) is 18.7 Å². The number of urea groups is 1. The molecule has 0 aliphatic carbocycles. The van der Waals surface area contributed by atoms with Gasteiger partial charge in [-0.2, -0.15) is 11.8 Å². The fourth-order valence-electron chi connectivity index (χ4n) is 1.64. The maximum absolute atomic E-state index is 11.7. The summed E-state index contributed by atoms with van der Waals surface area (Å²) in [7, 11) is 0. The fraction of sp³-hybridized carbons (Fsp3) is 0.462. The molecule has 2 atom stereocenters. The molecular formula is C13H20N2O2S. The molecule has 0 aromatic heterocycles. The zero-order valence-electron chi connectivity index (χ0n) is 10.7. The molecule has 0 fully saturated rings. The van der Waals surface area contributed by atoms with Crippen molar-refractivity contribution in [3.8, 4) is 0 Å². The smallest absolute Gasteiger partial charge is 0.315 e. The first kappa shape index (κ1) is 14.9. The molecule has 0 unspecified atom stereocenters. The quantitative estimate of drug-likeness (QED) is 0.737. The Labute approximate surface area is 112 Å². The van der Waals surface area contributed by atoms with Crippen LogP contribution < -0.4 is 10.6 Å². The van der Waals surface area contributed by atoms with E-state index in [4.69, 9.17) is 0 Å². The van der Waals surface area contributed by atoms with Gasteiger partial charge in [-0.25, -0.2) is 4.79 Å². The number of amides is 2. The number of aliphatic hydroxyl groups is 1. The average molecular weight is 268 g/mol. The van der Waals surface area contributed by atoms with Crippen LogP contribution in [0.4, 0.5) is 4.79 Å². The number of hydrogen-bond donors (Lipinski definition) is 3. The number of carbonyl (C=O) groups excluding carboxylic acids is 1. The molecule has 1 aromatic carbocycles. The molecule has 4 nitrogen and oxygen atoms in total. The Kier molecular flexibility index (Phi) is 6.60. The summed E-state index contributed by atoms with van der Waals surface area (Å²) in [6.45, 7) is 1.83. The van der Waals surface area contributed by atoms with E-state index in [-0.39, 0.29) is 24.7 Å². The summed E-state index contributed by atoms with van der Waals surface area (Å²) in [6.07, 6.45) is 2.00. The van der Waals surface area contributed by atoms with Crippen molar-refractivity contribution in [3.63, 3.8) is 0 Å². The van der Waals surface area contributed by atoms with Crippen LogP contribution in [0, 0.1) is 0 Å². The predicted octanol–water partition coefficient (Wildman–Crippen LogP) is 1.77. The Morgan fingerprint density at radius 1 is 1.33 bits per heavy atom. The summed E-state index contributed by atoms with van der Waals surface area (Å²) in [5, 5.41) is 14.9. The van der Waals surface area contributed by atoms with Crippen LogP contribution in [0.1, 0.15) is 18.5 Å². The molecule has 18 heavy (non-hydrogen) atoms. The third kappa shape index (κ3) is 4.98. The summed E-state index contributed by atoms with van der Waals surface area (Å²) in [5.74, 6) is 0.864. The first-order valence-electron chi connectivity index (χ1n) is 5.89. The van der Waals surface area contributed by atoms with Gasteiger partial charge in [-0.1, -0.05) is 30.3 Å². The molecule has 0 radical (unpaired) electrons. The molecule has 0 aliphatic heterocycles. The highest BCUT2D eigenvalue weighted by Crippen LogP contribution is 2.11. The minimum Gasteiger partial charge on any atom is -0.394 e. The highest BCUT2D eigenvalue weighted by Gasteiger charge is 2.14. The standard InChI is InChI=1S/C13H20N2O2S/c1-10(9-18-2)14-13(17)15-12(8-16)11-6-4-3-5-7-11/h3-7,10,12,16H,8-9H2,1-2H3,(H2,14,15,17)/t10-,12-/m1/s1. The molecule has 0 heterocycles. The summed E-state index contributed by atoms with van der Waals surface area (Å²) in [6, 6.07) is 8.92. The van der Waals surface area contributed by atoms with Crippen molar-refractivity contribution in [1.82, 2.24) is 10.6 Å². The number of aliphatic hydroxyl groups excluding tert-OH is 1. The molecule has 3 N–H and O–H groups in total. The lowest BCUT2D eigenvalue weighted by atomic mass is 10.1. The summed E-state index contributed by atoms with van der Waals surface area (Å²) < 4.78 is 0. The maximum atomic E-state index is 11.7. The van der Waals surface area contributed by atoms with E-state index < -0.39 is 0 Å². The van der Waals surface area contributed by atoms with Gasteiger partial charge in [0, 0.05) is 11.8 Å². The topological polar surface area (TPSA) is 61.4 Å². The van der Waals surface area contributed by atoms with E-state index in [0.717, 1.165) is 11.3 Å². The Bertz CT molecular complexity index is 359. The van der Waals surface area contributed by atoms with Crippen molar-refractivity contribution in [2.45, 2.75) is 19.0 Å². The Morgan fingerprint density at radius 3 is 2.56 bits per heavy atom. The molecule has 100 valence electrons. The van der Waals surface area contributed by atoms with Crippen molar-refractivity contribution >= 4 is 17.8 Å². The van der Waals surface area contributed by atoms with Gasteiger partial charge in [-0.3, -0.25) is 0 Å². The lowest BCUT2D eigenvalue weighted by Gasteiger charge is -2.19. The second-order valence-electron chi connectivity index (χ2n) is 4.12. The number of thioether (sulfide) groups is 1. The molecule has 0 bridgehead atoms. The van der Waals surface area contributed by atoms with Crippen LogP contribution in [0.2, 0.25) is 0 Å². The number of nitrogens with one attached hydrogen (secondary N) is 2. The number of benzene rings is 1. The first-order valence-corrected chi connectivity index (χ1v) is 7.28. The van der Waals surface area contributed by atoms with E-state index in [1.807, 2.05) is 43.5 Å². The van der Waals surface area contributed by atoms with E-state index in [9.17, 15) is 9.90 Å². The van der Waals surface area contributed by atoms with E-state index in [1.165, 1.54) is 0 Å². The minimum absolute atomic E-state index is 0.107. The minimum atomic E-state index is -0.368. The van der Waals surface area contributed by atoms with Gasteiger partial charge in [0.05, 0.1) is 12.6 Å². The summed E-state index contributed by atoms with van der Waals surface area (Å²) in [5.41, 5.74) is 0.896. The van der Waals surface area contributed by atoms with Gasteiger partial charge >= 0.3 is 6.03 Å². The fourth-order valence-corrected chi connectivity index (χ4v) is 2.22. The van der Waals surface area contributed by atoms with Gasteiger partial charge in [0.15, 0.2) is 0 Å². The molecule has 1 aromatic rings. The average Bonchev–Trinajstić information content (AvgIpc) is 2.37. The van der Waals surface area contributed by atoms with E-state index in [1.54, 1.807) is 11.8 Å². The van der Waals surface area contributed by atoms with Crippen molar-refractivity contribution in [1.29, 1.82) is 0 Å². The second kappa shape index (κ2) is 8.00. The second-order valence-corrected chi connectivity index (χ2v) is 5.03. The van der Waals surface area contributed by atoms with E-state index in [0.29, 0.717) is 0 Å². The lowest BCUT2D eigenvalue weighted by Crippen LogP contribution is -2.44. The van der Waals surface area contributed by atoms with E-state index >= 15 is 0 Å². The van der Waals surface area contributed by atoms with Crippen molar-refractivity contribution in [3.05, 3.63) is 35.9 Å². The van der Waals surface area contributed by atoms with Gasteiger partial charge in [0.2, 0.25) is 0 Å². The first-order chi connectivity index (χ1) is 8.67. The third-order valence-corrected chi connectivity index (χ3v) is 3.32. The number of hydrogen-bond acceptors (Lipinski definition) is 3. The Balaban J connectivity index is 2.51. The molecule has 5 heteroatoms. The largest absolute Gasteiger partial charge is 0.394 e. The number of rotatable bonds is 6. The molecule has 0 spiro atoms. The van der Waals surface area contributed by atoms with Crippen LogP contribution in [0.25, 0.3) is 0 Å². The number of carbonyl (C=O) groups is 1. The molecule has 0 saturated heterocycles. The van der Waals surface area contributed by atoms with Crippen LogP contribution in [-0.2, 0) is 0 Å². The van der Waals surface area contributed by atoms with Crippen LogP contribution in [-0.4, -0.2) is 35.8 Å². The maximum Gasteiger partial charge on any atom is 0.315 e. The van der Waals surface area contributed by atoms with Gasteiger partial charge < -0.3 is 15.7 Å². The SMILES string of the molecule is CSC[C@@H](C)NC(=O)N[C@H](CO)c1ccccc1. The zero-order valence-corrected chi connectivity index (χ0v) is 11.5. The van der Waals surface area contributed by atoms with Crippen LogP contribution in [0.15, 0.2) is 30.3 Å². The Morgan fingerprint density at radius 2 is 2.00 bits per heavy atom. The normalized spacial score (nSPS) is 13.7. The molecule has 2 amide bonds. The molecule has 0 saturated carbocycles. The van der Waals surface area contributed by atoms with Crippen LogP contribution >= 0.6 is 11.8 Å². The summed E-state index contributed by atoms with van der Waals surface area (Å²) in [4.78, 5) is 11.7. The van der Waals surface area contributed by atoms with Gasteiger partial charge in [-0.15, -0.1) is 0 Å². The van der Waals surface area contributed by atoms with Crippen molar-refractivity contribution in [2.24, 2.45) is 0 Å². The van der Waals surface area contributed by atoms with Gasteiger partial charge in [0.1, 0.15) is 0 Å². The highest BCUT2D eigenvalue weighted by atomic mass is 32.2. The third-order valence-electron chi connectivity index (χ3n) is 2.48. The van der Waals surface area contributed by atoms with Crippen molar-refractivity contribution < 1.29 is 9.90 Å². The lowest BCUT2D eigenvalue weighted by molar-refractivity contribution is 0.215. The Hall–Kier alpha value is -1.20. The van der Waals surface area contributed by atoms with Gasteiger partial charge in [0.25, 0.3) is 0 Å². The van der Waals surface area contributed by atoms with E-state index in [2.05, 4.69) is 10.6 Å². The predicted molar refractivity (Wildman–Crippen MR) is 75.8 cm³/mol. The van der Waals surface area contributed by atoms with Crippen LogP contribution in [0.3, 0.4) is 0 Å². The molecule has 1 rings (SSSR count). The summed E-state index contributed by atoms with van der Waals surface area (Å²) >= 11 is 1.68. The van der Waals surface area contributed by atoms with Crippen molar-refractivity contribution in [2.75, 3.05) is 18.6 Å².